The Labute approximate surface area is 122 Å². The van der Waals surface area contributed by atoms with Crippen molar-refractivity contribution in [2.45, 2.75) is 31.4 Å². The molecule has 2 aromatic heterocycles. The number of rotatable bonds is 6. The first-order valence-corrected chi connectivity index (χ1v) is 8.61. The summed E-state index contributed by atoms with van der Waals surface area (Å²) in [4.78, 5) is 2.80. The van der Waals surface area contributed by atoms with Gasteiger partial charge in [-0.25, -0.2) is 0 Å². The standard InChI is InChI=1S/C15H19NOS2/c1-4-12(17-9-1)7-8-16-15(13-5-2-10-18-13)14-6-3-11-19-14/h2-3,5-6,10-12,15-16H,1,4,7-9H2. The molecule has 2 aromatic rings. The average molecular weight is 293 g/mol. The Bertz CT molecular complexity index is 426. The van der Waals surface area contributed by atoms with Crippen LogP contribution in [0.5, 0.6) is 0 Å². The predicted octanol–water partition coefficient (Wildman–Crippen LogP) is 4.06. The molecule has 1 atom stereocenters. The third-order valence-electron chi connectivity index (χ3n) is 3.49. The smallest absolute Gasteiger partial charge is 0.0764 e. The minimum atomic E-state index is 0.349. The lowest BCUT2D eigenvalue weighted by Crippen LogP contribution is -2.25. The van der Waals surface area contributed by atoms with Crippen molar-refractivity contribution in [2.75, 3.05) is 13.2 Å². The fourth-order valence-corrected chi connectivity index (χ4v) is 4.22. The highest BCUT2D eigenvalue weighted by molar-refractivity contribution is 7.11. The largest absolute Gasteiger partial charge is 0.378 e. The molecule has 1 unspecified atom stereocenters. The Balaban J connectivity index is 1.60. The molecule has 19 heavy (non-hydrogen) atoms. The lowest BCUT2D eigenvalue weighted by atomic mass is 10.1. The van der Waals surface area contributed by atoms with E-state index in [1.165, 1.54) is 22.6 Å². The molecule has 4 heteroatoms. The van der Waals surface area contributed by atoms with E-state index in [2.05, 4.69) is 40.3 Å². The molecule has 0 aliphatic carbocycles. The van der Waals surface area contributed by atoms with Gasteiger partial charge in [0.15, 0.2) is 0 Å². The van der Waals surface area contributed by atoms with Crippen LogP contribution in [-0.2, 0) is 4.74 Å². The molecule has 0 spiro atoms. The maximum atomic E-state index is 5.68. The summed E-state index contributed by atoms with van der Waals surface area (Å²) in [6.07, 6.45) is 4.04. The van der Waals surface area contributed by atoms with E-state index < -0.39 is 0 Å². The lowest BCUT2D eigenvalue weighted by Gasteiger charge is -2.17. The van der Waals surface area contributed by atoms with Gasteiger partial charge in [-0.1, -0.05) is 12.1 Å². The predicted molar refractivity (Wildman–Crippen MR) is 82.1 cm³/mol. The summed E-state index contributed by atoms with van der Waals surface area (Å²) in [5, 5.41) is 7.99. The quantitative estimate of drug-likeness (QED) is 0.867. The highest BCUT2D eigenvalue weighted by Crippen LogP contribution is 2.29. The fourth-order valence-electron chi connectivity index (χ4n) is 2.51. The van der Waals surface area contributed by atoms with Crippen molar-refractivity contribution in [1.29, 1.82) is 0 Å². The van der Waals surface area contributed by atoms with Gasteiger partial charge in [0.2, 0.25) is 0 Å². The fraction of sp³-hybridized carbons (Fsp3) is 0.467. The van der Waals surface area contributed by atoms with E-state index in [1.54, 1.807) is 0 Å². The van der Waals surface area contributed by atoms with E-state index in [4.69, 9.17) is 4.74 Å². The number of thiophene rings is 2. The minimum Gasteiger partial charge on any atom is -0.378 e. The van der Waals surface area contributed by atoms with Gasteiger partial charge in [-0.15, -0.1) is 22.7 Å². The molecule has 0 aromatic carbocycles. The molecule has 3 rings (SSSR count). The lowest BCUT2D eigenvalue weighted by molar-refractivity contribution is 0.104. The van der Waals surface area contributed by atoms with Crippen molar-refractivity contribution in [2.24, 2.45) is 0 Å². The second-order valence-corrected chi connectivity index (χ2v) is 6.80. The monoisotopic (exact) mass is 293 g/mol. The first-order valence-electron chi connectivity index (χ1n) is 6.85. The number of ether oxygens (including phenoxy) is 1. The summed E-state index contributed by atoms with van der Waals surface area (Å²) >= 11 is 3.65. The molecule has 0 bridgehead atoms. The molecule has 2 nitrogen and oxygen atoms in total. The van der Waals surface area contributed by atoms with Crippen LogP contribution in [0.3, 0.4) is 0 Å². The molecule has 1 saturated heterocycles. The van der Waals surface area contributed by atoms with E-state index in [0.29, 0.717) is 12.1 Å². The number of hydrogen-bond donors (Lipinski definition) is 1. The molecular formula is C15H19NOS2. The van der Waals surface area contributed by atoms with Gasteiger partial charge in [0, 0.05) is 16.4 Å². The molecule has 1 N–H and O–H groups in total. The van der Waals surface area contributed by atoms with E-state index in [9.17, 15) is 0 Å². The Morgan fingerprint density at radius 3 is 2.47 bits per heavy atom. The molecule has 0 amide bonds. The van der Waals surface area contributed by atoms with Crippen LogP contribution in [0, 0.1) is 0 Å². The van der Waals surface area contributed by atoms with Gasteiger partial charge in [0.05, 0.1) is 12.1 Å². The second kappa shape index (κ2) is 6.66. The molecule has 0 saturated carbocycles. The molecule has 1 aliphatic heterocycles. The van der Waals surface area contributed by atoms with Crippen LogP contribution < -0.4 is 5.32 Å². The molecular weight excluding hydrogens is 274 g/mol. The SMILES string of the molecule is c1csc(C(NCCC2CCCO2)c2cccs2)c1. The normalized spacial score (nSPS) is 19.3. The van der Waals surface area contributed by atoms with Gasteiger partial charge in [-0.2, -0.15) is 0 Å². The first-order chi connectivity index (χ1) is 9.43. The summed E-state index contributed by atoms with van der Waals surface area (Å²) in [6.45, 7) is 1.97. The van der Waals surface area contributed by atoms with Gasteiger partial charge >= 0.3 is 0 Å². The van der Waals surface area contributed by atoms with Gasteiger partial charge in [0.1, 0.15) is 0 Å². The maximum Gasteiger partial charge on any atom is 0.0764 e. The van der Waals surface area contributed by atoms with E-state index in [0.717, 1.165) is 19.6 Å². The zero-order chi connectivity index (χ0) is 12.9. The first kappa shape index (κ1) is 13.3. The van der Waals surface area contributed by atoms with Crippen molar-refractivity contribution >= 4 is 22.7 Å². The van der Waals surface area contributed by atoms with Crippen LogP contribution in [0.4, 0.5) is 0 Å². The summed E-state index contributed by atoms with van der Waals surface area (Å²) in [5.74, 6) is 0. The summed E-state index contributed by atoms with van der Waals surface area (Å²) in [6, 6.07) is 9.04. The highest BCUT2D eigenvalue weighted by atomic mass is 32.1. The van der Waals surface area contributed by atoms with Crippen molar-refractivity contribution in [1.82, 2.24) is 5.32 Å². The summed E-state index contributed by atoms with van der Waals surface area (Å²) in [7, 11) is 0. The zero-order valence-corrected chi connectivity index (χ0v) is 12.5. The van der Waals surface area contributed by atoms with Crippen LogP contribution in [0.1, 0.15) is 35.1 Å². The van der Waals surface area contributed by atoms with Crippen LogP contribution in [0.15, 0.2) is 35.0 Å². The topological polar surface area (TPSA) is 21.3 Å². The van der Waals surface area contributed by atoms with Gasteiger partial charge in [-0.3, -0.25) is 0 Å². The van der Waals surface area contributed by atoms with Crippen LogP contribution in [0.2, 0.25) is 0 Å². The average Bonchev–Trinajstić information content (AvgIpc) is 3.15. The third kappa shape index (κ3) is 3.45. The van der Waals surface area contributed by atoms with E-state index in [1.807, 2.05) is 22.7 Å². The van der Waals surface area contributed by atoms with Crippen LogP contribution in [-0.4, -0.2) is 19.3 Å². The maximum absolute atomic E-state index is 5.68. The molecule has 0 radical (unpaired) electrons. The minimum absolute atomic E-state index is 0.349. The Kier molecular flexibility index (Phi) is 4.66. The van der Waals surface area contributed by atoms with Crippen LogP contribution >= 0.6 is 22.7 Å². The molecule has 102 valence electrons. The van der Waals surface area contributed by atoms with Gasteiger partial charge in [-0.05, 0) is 48.7 Å². The molecule has 1 aliphatic rings. The van der Waals surface area contributed by atoms with Crippen molar-refractivity contribution in [3.8, 4) is 0 Å². The zero-order valence-electron chi connectivity index (χ0n) is 10.9. The highest BCUT2D eigenvalue weighted by Gasteiger charge is 2.18. The Morgan fingerprint density at radius 1 is 1.21 bits per heavy atom. The van der Waals surface area contributed by atoms with Gasteiger partial charge < -0.3 is 10.1 Å². The molecule has 3 heterocycles. The number of nitrogens with one attached hydrogen (secondary N) is 1. The summed E-state index contributed by atoms with van der Waals surface area (Å²) < 4.78 is 5.68. The van der Waals surface area contributed by atoms with E-state index in [-0.39, 0.29) is 0 Å². The van der Waals surface area contributed by atoms with Gasteiger partial charge in [0.25, 0.3) is 0 Å². The second-order valence-electron chi connectivity index (χ2n) is 4.84. The molecule has 1 fully saturated rings. The third-order valence-corrected chi connectivity index (χ3v) is 5.37. The van der Waals surface area contributed by atoms with Crippen LogP contribution in [0.25, 0.3) is 0 Å². The Morgan fingerprint density at radius 2 is 1.95 bits per heavy atom. The summed E-state index contributed by atoms with van der Waals surface area (Å²) in [5.41, 5.74) is 0. The van der Waals surface area contributed by atoms with E-state index >= 15 is 0 Å². The Hall–Kier alpha value is -0.680. The number of hydrogen-bond acceptors (Lipinski definition) is 4. The van der Waals surface area contributed by atoms with Crippen molar-refractivity contribution < 1.29 is 4.74 Å². The van der Waals surface area contributed by atoms with Crippen molar-refractivity contribution in [3.63, 3.8) is 0 Å². The van der Waals surface area contributed by atoms with Crippen molar-refractivity contribution in [3.05, 3.63) is 44.8 Å².